The summed E-state index contributed by atoms with van der Waals surface area (Å²) in [5, 5.41) is 3.81. The number of nitrogens with two attached hydrogens (primary N) is 1. The van der Waals surface area contributed by atoms with Gasteiger partial charge in [-0.15, -0.1) is 0 Å². The molecule has 0 aromatic carbocycles. The SMILES string of the molecule is CC(C)C1(c2nc(CN)no2)CC1. The molecule has 4 nitrogen and oxygen atoms in total. The van der Waals surface area contributed by atoms with Gasteiger partial charge in [-0.1, -0.05) is 19.0 Å². The lowest BCUT2D eigenvalue weighted by atomic mass is 9.92. The third-order valence-corrected chi connectivity index (χ3v) is 2.97. The van der Waals surface area contributed by atoms with E-state index in [0.29, 0.717) is 18.3 Å². The molecule has 0 saturated heterocycles. The molecule has 1 saturated carbocycles. The predicted octanol–water partition coefficient (Wildman–Crippen LogP) is 1.22. The minimum absolute atomic E-state index is 0.167. The molecule has 2 rings (SSSR count). The maximum Gasteiger partial charge on any atom is 0.233 e. The summed E-state index contributed by atoms with van der Waals surface area (Å²) < 4.78 is 5.20. The molecule has 0 aliphatic heterocycles. The molecule has 0 amide bonds. The Bertz CT molecular complexity index is 302. The monoisotopic (exact) mass is 181 g/mol. The van der Waals surface area contributed by atoms with E-state index in [4.69, 9.17) is 10.3 Å². The van der Waals surface area contributed by atoms with Crippen LogP contribution in [0.25, 0.3) is 0 Å². The molecule has 72 valence electrons. The van der Waals surface area contributed by atoms with Gasteiger partial charge in [0.1, 0.15) is 0 Å². The molecule has 1 fully saturated rings. The van der Waals surface area contributed by atoms with Crippen LogP contribution in [0.15, 0.2) is 4.52 Å². The van der Waals surface area contributed by atoms with Crippen molar-refractivity contribution in [2.24, 2.45) is 11.7 Å². The summed E-state index contributed by atoms with van der Waals surface area (Å²) in [6.07, 6.45) is 2.33. The third-order valence-electron chi connectivity index (χ3n) is 2.97. The fraction of sp³-hybridized carbons (Fsp3) is 0.778. The molecule has 4 heteroatoms. The highest BCUT2D eigenvalue weighted by Gasteiger charge is 2.51. The van der Waals surface area contributed by atoms with Gasteiger partial charge in [0.15, 0.2) is 5.82 Å². The molecule has 13 heavy (non-hydrogen) atoms. The van der Waals surface area contributed by atoms with Gasteiger partial charge >= 0.3 is 0 Å². The van der Waals surface area contributed by atoms with Crippen LogP contribution in [0.4, 0.5) is 0 Å². The van der Waals surface area contributed by atoms with Crippen molar-refractivity contribution in [1.82, 2.24) is 10.1 Å². The Hall–Kier alpha value is -0.900. The molecule has 0 radical (unpaired) electrons. The van der Waals surface area contributed by atoms with Crippen LogP contribution in [0.1, 0.15) is 38.4 Å². The zero-order valence-electron chi connectivity index (χ0n) is 8.08. The Kier molecular flexibility index (Phi) is 1.87. The minimum atomic E-state index is 0.167. The molecule has 0 spiro atoms. The Balaban J connectivity index is 2.25. The second-order valence-electron chi connectivity index (χ2n) is 4.03. The fourth-order valence-electron chi connectivity index (χ4n) is 1.71. The van der Waals surface area contributed by atoms with E-state index in [0.717, 1.165) is 18.7 Å². The van der Waals surface area contributed by atoms with E-state index in [2.05, 4.69) is 24.0 Å². The Morgan fingerprint density at radius 1 is 1.54 bits per heavy atom. The second kappa shape index (κ2) is 2.80. The van der Waals surface area contributed by atoms with Gasteiger partial charge in [-0.3, -0.25) is 0 Å². The highest BCUT2D eigenvalue weighted by molar-refractivity contribution is 5.16. The lowest BCUT2D eigenvalue weighted by Gasteiger charge is -2.13. The van der Waals surface area contributed by atoms with Crippen LogP contribution in [-0.4, -0.2) is 10.1 Å². The first-order chi connectivity index (χ1) is 6.19. The van der Waals surface area contributed by atoms with Gasteiger partial charge in [0.2, 0.25) is 5.89 Å². The average Bonchev–Trinajstić information content (AvgIpc) is 2.79. The average molecular weight is 181 g/mol. The maximum absolute atomic E-state index is 5.42. The lowest BCUT2D eigenvalue weighted by molar-refractivity contribution is 0.306. The quantitative estimate of drug-likeness (QED) is 0.761. The first kappa shape index (κ1) is 8.69. The summed E-state index contributed by atoms with van der Waals surface area (Å²) in [4.78, 5) is 4.28. The number of hydrogen-bond donors (Lipinski definition) is 1. The van der Waals surface area contributed by atoms with Crippen molar-refractivity contribution in [3.63, 3.8) is 0 Å². The van der Waals surface area contributed by atoms with Gasteiger partial charge in [0.05, 0.1) is 12.0 Å². The summed E-state index contributed by atoms with van der Waals surface area (Å²) in [5.41, 5.74) is 5.59. The molecule has 0 atom stereocenters. The van der Waals surface area contributed by atoms with Crippen molar-refractivity contribution in [1.29, 1.82) is 0 Å². The van der Waals surface area contributed by atoms with Gasteiger partial charge in [-0.25, -0.2) is 0 Å². The molecule has 2 N–H and O–H groups in total. The minimum Gasteiger partial charge on any atom is -0.339 e. The standard InChI is InChI=1S/C9H15N3O/c1-6(2)9(3-4-9)8-11-7(5-10)12-13-8/h6H,3-5,10H2,1-2H3. The molecule has 0 unspecified atom stereocenters. The largest absolute Gasteiger partial charge is 0.339 e. The second-order valence-corrected chi connectivity index (χ2v) is 4.03. The molecule has 0 bridgehead atoms. The Morgan fingerprint density at radius 3 is 2.62 bits per heavy atom. The molecule has 1 aromatic heterocycles. The van der Waals surface area contributed by atoms with E-state index >= 15 is 0 Å². The molecule has 1 aromatic rings. The zero-order chi connectivity index (χ0) is 9.47. The van der Waals surface area contributed by atoms with Gasteiger partial charge < -0.3 is 10.3 Å². The smallest absolute Gasteiger partial charge is 0.233 e. The van der Waals surface area contributed by atoms with Gasteiger partial charge in [-0.2, -0.15) is 4.98 Å². The number of aromatic nitrogens is 2. The molecular weight excluding hydrogens is 166 g/mol. The summed E-state index contributed by atoms with van der Waals surface area (Å²) in [7, 11) is 0. The summed E-state index contributed by atoms with van der Waals surface area (Å²) >= 11 is 0. The van der Waals surface area contributed by atoms with Crippen LogP contribution < -0.4 is 5.73 Å². The van der Waals surface area contributed by atoms with E-state index in [1.807, 2.05) is 0 Å². The maximum atomic E-state index is 5.42. The number of nitrogens with zero attached hydrogens (tertiary/aromatic N) is 2. The summed E-state index contributed by atoms with van der Waals surface area (Å²) in [6.45, 7) is 4.75. The van der Waals surface area contributed by atoms with E-state index in [1.165, 1.54) is 0 Å². The molecular formula is C9H15N3O. The highest BCUT2D eigenvalue weighted by atomic mass is 16.5. The van der Waals surface area contributed by atoms with E-state index < -0.39 is 0 Å². The van der Waals surface area contributed by atoms with Gasteiger partial charge in [0.25, 0.3) is 0 Å². The predicted molar refractivity (Wildman–Crippen MR) is 47.9 cm³/mol. The topological polar surface area (TPSA) is 64.9 Å². The molecule has 1 aliphatic carbocycles. The molecule has 1 heterocycles. The van der Waals surface area contributed by atoms with E-state index in [-0.39, 0.29) is 5.41 Å². The van der Waals surface area contributed by atoms with Crippen molar-refractivity contribution >= 4 is 0 Å². The summed E-state index contributed by atoms with van der Waals surface area (Å²) in [5.74, 6) is 1.96. The number of hydrogen-bond acceptors (Lipinski definition) is 4. The van der Waals surface area contributed by atoms with Gasteiger partial charge in [-0.05, 0) is 18.8 Å². The lowest BCUT2D eigenvalue weighted by Crippen LogP contribution is -2.15. The summed E-state index contributed by atoms with van der Waals surface area (Å²) in [6, 6.07) is 0. The normalized spacial score (nSPS) is 19.4. The highest BCUT2D eigenvalue weighted by Crippen LogP contribution is 2.52. The Labute approximate surface area is 77.5 Å². The van der Waals surface area contributed by atoms with E-state index in [1.54, 1.807) is 0 Å². The first-order valence-electron chi connectivity index (χ1n) is 4.72. The number of rotatable bonds is 3. The fourth-order valence-corrected chi connectivity index (χ4v) is 1.71. The van der Waals surface area contributed by atoms with Crippen molar-refractivity contribution < 1.29 is 4.52 Å². The van der Waals surface area contributed by atoms with Crippen LogP contribution in [0, 0.1) is 5.92 Å². The van der Waals surface area contributed by atoms with E-state index in [9.17, 15) is 0 Å². The van der Waals surface area contributed by atoms with Crippen LogP contribution >= 0.6 is 0 Å². The zero-order valence-corrected chi connectivity index (χ0v) is 8.08. The first-order valence-corrected chi connectivity index (χ1v) is 4.72. The molecule has 1 aliphatic rings. The van der Waals surface area contributed by atoms with Crippen molar-refractivity contribution in [2.45, 2.75) is 38.6 Å². The Morgan fingerprint density at radius 2 is 2.23 bits per heavy atom. The van der Waals surface area contributed by atoms with Gasteiger partial charge in [0, 0.05) is 0 Å². The van der Waals surface area contributed by atoms with Crippen LogP contribution in [0.2, 0.25) is 0 Å². The van der Waals surface area contributed by atoms with Crippen LogP contribution in [-0.2, 0) is 12.0 Å². The van der Waals surface area contributed by atoms with Crippen molar-refractivity contribution in [3.05, 3.63) is 11.7 Å². The van der Waals surface area contributed by atoms with Crippen molar-refractivity contribution in [2.75, 3.05) is 0 Å². The van der Waals surface area contributed by atoms with Crippen LogP contribution in [0.3, 0.4) is 0 Å². The van der Waals surface area contributed by atoms with Crippen LogP contribution in [0.5, 0.6) is 0 Å². The third kappa shape index (κ3) is 1.25. The van der Waals surface area contributed by atoms with Crippen molar-refractivity contribution in [3.8, 4) is 0 Å².